The Hall–Kier alpha value is -1.64. The van der Waals surface area contributed by atoms with E-state index in [4.69, 9.17) is 9.47 Å². The van der Waals surface area contributed by atoms with Gasteiger partial charge >= 0.3 is 6.18 Å². The first kappa shape index (κ1) is 16.2. The molecule has 2 fully saturated rings. The molecule has 2 aliphatic heterocycles. The summed E-state index contributed by atoms with van der Waals surface area (Å²) < 4.78 is 48.2. The normalized spacial score (nSPS) is 30.3. The Morgan fingerprint density at radius 2 is 1.83 bits per heavy atom. The van der Waals surface area contributed by atoms with Crippen molar-refractivity contribution in [2.45, 2.75) is 37.0 Å². The maximum absolute atomic E-state index is 12.5. The van der Waals surface area contributed by atoms with E-state index >= 15 is 0 Å². The van der Waals surface area contributed by atoms with Gasteiger partial charge in [0.25, 0.3) is 0 Å². The van der Waals surface area contributed by atoms with E-state index in [9.17, 15) is 23.1 Å². The Labute approximate surface area is 130 Å². The summed E-state index contributed by atoms with van der Waals surface area (Å²) >= 11 is 0. The Morgan fingerprint density at radius 1 is 1.17 bits per heavy atom. The monoisotopic (exact) mass is 331 g/mol. The minimum atomic E-state index is -4.39. The SMILES string of the molecule is O=C(Cc1ccc(C(F)(F)F)cc1)N[C@H]1CO[C@H]2[C@@H]1OC[C@H]2O. The molecule has 0 bridgehead atoms. The minimum Gasteiger partial charge on any atom is -0.388 e. The van der Waals surface area contributed by atoms with E-state index in [2.05, 4.69) is 5.32 Å². The van der Waals surface area contributed by atoms with Crippen molar-refractivity contribution in [3.05, 3.63) is 35.4 Å². The van der Waals surface area contributed by atoms with Gasteiger partial charge in [-0.05, 0) is 17.7 Å². The van der Waals surface area contributed by atoms with Gasteiger partial charge in [-0.25, -0.2) is 0 Å². The number of aliphatic hydroxyl groups excluding tert-OH is 1. The van der Waals surface area contributed by atoms with Crippen LogP contribution in [0.2, 0.25) is 0 Å². The van der Waals surface area contributed by atoms with E-state index in [1.807, 2.05) is 0 Å². The van der Waals surface area contributed by atoms with Gasteiger partial charge < -0.3 is 19.9 Å². The third kappa shape index (κ3) is 3.49. The fraction of sp³-hybridized carbons (Fsp3) is 0.533. The van der Waals surface area contributed by atoms with Crippen LogP contribution in [0.5, 0.6) is 0 Å². The molecule has 0 radical (unpaired) electrons. The van der Waals surface area contributed by atoms with Crippen molar-refractivity contribution in [3.8, 4) is 0 Å². The van der Waals surface area contributed by atoms with Crippen molar-refractivity contribution >= 4 is 5.91 Å². The molecular formula is C15H16F3NO4. The number of halogens is 3. The standard InChI is InChI=1S/C15H16F3NO4/c16-15(17,18)9-3-1-8(2-4-9)5-12(21)19-10-6-22-14-11(20)7-23-13(10)14/h1-4,10-11,13-14,20H,5-7H2,(H,19,21)/t10-,11+,13+,14+/m0/s1. The van der Waals surface area contributed by atoms with Crippen LogP contribution in [0.15, 0.2) is 24.3 Å². The van der Waals surface area contributed by atoms with Crippen LogP contribution >= 0.6 is 0 Å². The van der Waals surface area contributed by atoms with E-state index in [1.54, 1.807) is 0 Å². The summed E-state index contributed by atoms with van der Waals surface area (Å²) in [5.74, 6) is -0.330. The molecule has 2 N–H and O–H groups in total. The molecular weight excluding hydrogens is 315 g/mol. The highest BCUT2D eigenvalue weighted by Gasteiger charge is 2.47. The van der Waals surface area contributed by atoms with Crippen LogP contribution in [-0.4, -0.2) is 48.6 Å². The predicted octanol–water partition coefficient (Wildman–Crippen LogP) is 0.891. The van der Waals surface area contributed by atoms with Crippen molar-refractivity contribution in [3.63, 3.8) is 0 Å². The van der Waals surface area contributed by atoms with E-state index < -0.39 is 23.9 Å². The average Bonchev–Trinajstić information content (AvgIpc) is 3.03. The number of alkyl halides is 3. The van der Waals surface area contributed by atoms with Gasteiger partial charge in [0, 0.05) is 0 Å². The molecule has 2 aliphatic rings. The van der Waals surface area contributed by atoms with Gasteiger partial charge in [-0.2, -0.15) is 13.2 Å². The molecule has 0 unspecified atom stereocenters. The van der Waals surface area contributed by atoms with Crippen molar-refractivity contribution in [2.75, 3.05) is 13.2 Å². The number of hydrogen-bond acceptors (Lipinski definition) is 4. The quantitative estimate of drug-likeness (QED) is 0.863. The lowest BCUT2D eigenvalue weighted by molar-refractivity contribution is -0.137. The van der Waals surface area contributed by atoms with Gasteiger partial charge in [-0.15, -0.1) is 0 Å². The molecule has 2 heterocycles. The first-order chi connectivity index (χ1) is 10.8. The molecule has 8 heteroatoms. The molecule has 5 nitrogen and oxygen atoms in total. The van der Waals surface area contributed by atoms with Crippen LogP contribution in [0.25, 0.3) is 0 Å². The van der Waals surface area contributed by atoms with Crippen LogP contribution in [0, 0.1) is 0 Å². The first-order valence-corrected chi connectivity index (χ1v) is 7.21. The van der Waals surface area contributed by atoms with Gasteiger partial charge in [0.2, 0.25) is 5.91 Å². The van der Waals surface area contributed by atoms with E-state index in [0.717, 1.165) is 12.1 Å². The van der Waals surface area contributed by atoms with Crippen LogP contribution in [0.3, 0.4) is 0 Å². The second-order valence-corrected chi connectivity index (χ2v) is 5.71. The fourth-order valence-electron chi connectivity index (χ4n) is 2.86. The Bertz CT molecular complexity index is 575. The third-order valence-electron chi connectivity index (χ3n) is 4.02. The second kappa shape index (κ2) is 6.10. The molecule has 1 aromatic carbocycles. The highest BCUT2D eigenvalue weighted by molar-refractivity contribution is 5.79. The van der Waals surface area contributed by atoms with Gasteiger partial charge in [0.1, 0.15) is 18.3 Å². The summed E-state index contributed by atoms with van der Waals surface area (Å²) in [6.45, 7) is 0.408. The molecule has 0 saturated carbocycles. The predicted molar refractivity (Wildman–Crippen MR) is 72.6 cm³/mol. The van der Waals surface area contributed by atoms with Gasteiger partial charge in [-0.3, -0.25) is 4.79 Å². The van der Waals surface area contributed by atoms with E-state index in [1.165, 1.54) is 12.1 Å². The number of rotatable bonds is 3. The molecule has 4 atom stereocenters. The molecule has 126 valence electrons. The van der Waals surface area contributed by atoms with Crippen LogP contribution in [0.1, 0.15) is 11.1 Å². The maximum atomic E-state index is 12.5. The molecule has 0 spiro atoms. The van der Waals surface area contributed by atoms with Crippen LogP contribution < -0.4 is 5.32 Å². The molecule has 0 aliphatic carbocycles. The highest BCUT2D eigenvalue weighted by atomic mass is 19.4. The summed E-state index contributed by atoms with van der Waals surface area (Å²) in [5, 5.41) is 12.4. The molecule has 0 aromatic heterocycles. The first-order valence-electron chi connectivity index (χ1n) is 7.21. The number of ether oxygens (including phenoxy) is 2. The van der Waals surface area contributed by atoms with Crippen molar-refractivity contribution in [2.24, 2.45) is 0 Å². The molecule has 1 aromatic rings. The number of hydrogen-bond donors (Lipinski definition) is 2. The summed E-state index contributed by atoms with van der Waals surface area (Å²) in [6.07, 6.45) is -5.95. The lowest BCUT2D eigenvalue weighted by atomic mass is 10.1. The molecule has 1 amide bonds. The molecule has 3 rings (SSSR count). The number of amides is 1. The smallest absolute Gasteiger partial charge is 0.388 e. The van der Waals surface area contributed by atoms with Crippen LogP contribution in [0.4, 0.5) is 13.2 Å². The van der Waals surface area contributed by atoms with Gasteiger partial charge in [0.15, 0.2) is 0 Å². The number of carbonyl (C=O) groups is 1. The number of aliphatic hydroxyl groups is 1. The zero-order valence-electron chi connectivity index (χ0n) is 12.0. The highest BCUT2D eigenvalue weighted by Crippen LogP contribution is 2.29. The lowest BCUT2D eigenvalue weighted by Gasteiger charge is -2.17. The molecule has 23 heavy (non-hydrogen) atoms. The number of fused-ring (bicyclic) bond motifs is 1. The number of benzene rings is 1. The lowest BCUT2D eigenvalue weighted by Crippen LogP contribution is -2.44. The zero-order valence-corrected chi connectivity index (χ0v) is 12.0. The van der Waals surface area contributed by atoms with Gasteiger partial charge in [0.05, 0.1) is 31.2 Å². The van der Waals surface area contributed by atoms with Crippen molar-refractivity contribution in [1.82, 2.24) is 5.32 Å². The Kier molecular flexibility index (Phi) is 4.31. The number of carbonyl (C=O) groups excluding carboxylic acids is 1. The van der Waals surface area contributed by atoms with E-state index in [-0.39, 0.29) is 37.7 Å². The Morgan fingerprint density at radius 3 is 2.48 bits per heavy atom. The second-order valence-electron chi connectivity index (χ2n) is 5.71. The summed E-state index contributed by atoms with van der Waals surface area (Å²) in [6, 6.07) is 4.11. The average molecular weight is 331 g/mol. The Balaban J connectivity index is 1.56. The summed E-state index contributed by atoms with van der Waals surface area (Å²) in [5.41, 5.74) is -0.264. The van der Waals surface area contributed by atoms with E-state index in [0.29, 0.717) is 5.56 Å². The third-order valence-corrected chi connectivity index (χ3v) is 4.02. The van der Waals surface area contributed by atoms with Gasteiger partial charge in [-0.1, -0.05) is 12.1 Å². The van der Waals surface area contributed by atoms with Crippen LogP contribution in [-0.2, 0) is 26.9 Å². The molecule has 2 saturated heterocycles. The zero-order chi connectivity index (χ0) is 16.6. The topological polar surface area (TPSA) is 67.8 Å². The van der Waals surface area contributed by atoms with Crippen molar-refractivity contribution < 1.29 is 32.5 Å². The minimum absolute atomic E-state index is 0.0332. The van der Waals surface area contributed by atoms with Crippen molar-refractivity contribution in [1.29, 1.82) is 0 Å². The number of nitrogens with one attached hydrogen (secondary N) is 1. The summed E-state index contributed by atoms with van der Waals surface area (Å²) in [7, 11) is 0. The largest absolute Gasteiger partial charge is 0.416 e. The maximum Gasteiger partial charge on any atom is 0.416 e. The fourth-order valence-corrected chi connectivity index (χ4v) is 2.86. The summed E-state index contributed by atoms with van der Waals surface area (Å²) in [4.78, 5) is 12.0.